The monoisotopic (exact) mass is 245 g/mol. The van der Waals surface area contributed by atoms with E-state index in [1.54, 1.807) is 43.6 Å². The van der Waals surface area contributed by atoms with Crippen molar-refractivity contribution >= 4 is 5.97 Å². The third kappa shape index (κ3) is 2.37. The standard InChI is InChI=1S/C14H12FNO2/c1-2-18-14(17)13-11(4-3-5-12(13)15)10-6-8-16-9-7-10/h3-9H,2H2,1H3. The lowest BCUT2D eigenvalue weighted by atomic mass is 10.0. The van der Waals surface area contributed by atoms with E-state index in [4.69, 9.17) is 4.74 Å². The van der Waals surface area contributed by atoms with Gasteiger partial charge in [-0.3, -0.25) is 4.98 Å². The van der Waals surface area contributed by atoms with Crippen molar-refractivity contribution in [1.29, 1.82) is 0 Å². The molecule has 18 heavy (non-hydrogen) atoms. The van der Waals surface area contributed by atoms with Crippen molar-refractivity contribution in [2.75, 3.05) is 6.61 Å². The van der Waals surface area contributed by atoms with E-state index in [1.165, 1.54) is 6.07 Å². The minimum absolute atomic E-state index is 0.0365. The maximum absolute atomic E-state index is 13.8. The van der Waals surface area contributed by atoms with Crippen LogP contribution in [0, 0.1) is 5.82 Å². The third-order valence-electron chi connectivity index (χ3n) is 2.48. The van der Waals surface area contributed by atoms with E-state index in [0.29, 0.717) is 5.56 Å². The Hall–Kier alpha value is -2.23. The van der Waals surface area contributed by atoms with Crippen LogP contribution in [0.15, 0.2) is 42.7 Å². The maximum Gasteiger partial charge on any atom is 0.341 e. The van der Waals surface area contributed by atoms with Gasteiger partial charge in [0.15, 0.2) is 0 Å². The molecule has 0 atom stereocenters. The molecule has 92 valence electrons. The van der Waals surface area contributed by atoms with E-state index in [9.17, 15) is 9.18 Å². The van der Waals surface area contributed by atoms with Crippen molar-refractivity contribution in [1.82, 2.24) is 4.98 Å². The minimum Gasteiger partial charge on any atom is -0.462 e. The summed E-state index contributed by atoms with van der Waals surface area (Å²) < 4.78 is 18.7. The van der Waals surface area contributed by atoms with Gasteiger partial charge in [-0.05, 0) is 36.2 Å². The lowest BCUT2D eigenvalue weighted by Gasteiger charge is -2.09. The number of halogens is 1. The number of esters is 1. The first kappa shape index (κ1) is 12.2. The zero-order chi connectivity index (χ0) is 13.0. The van der Waals surface area contributed by atoms with E-state index in [0.717, 1.165) is 5.56 Å². The highest BCUT2D eigenvalue weighted by Crippen LogP contribution is 2.25. The van der Waals surface area contributed by atoms with E-state index in [-0.39, 0.29) is 12.2 Å². The van der Waals surface area contributed by atoms with Crippen LogP contribution in [-0.2, 0) is 4.74 Å². The molecule has 0 fully saturated rings. The molecular formula is C14H12FNO2. The number of hydrogen-bond donors (Lipinski definition) is 0. The second-order valence-corrected chi connectivity index (χ2v) is 3.62. The summed E-state index contributed by atoms with van der Waals surface area (Å²) in [6, 6.07) is 7.93. The number of hydrogen-bond acceptors (Lipinski definition) is 3. The summed E-state index contributed by atoms with van der Waals surface area (Å²) in [5, 5.41) is 0. The van der Waals surface area contributed by atoms with Gasteiger partial charge in [-0.2, -0.15) is 0 Å². The van der Waals surface area contributed by atoms with Gasteiger partial charge in [-0.25, -0.2) is 9.18 Å². The Morgan fingerprint density at radius 3 is 2.67 bits per heavy atom. The van der Waals surface area contributed by atoms with Crippen LogP contribution in [0.25, 0.3) is 11.1 Å². The molecule has 0 spiro atoms. The zero-order valence-corrected chi connectivity index (χ0v) is 9.89. The molecular weight excluding hydrogens is 233 g/mol. The van der Waals surface area contributed by atoms with Crippen LogP contribution in [0.5, 0.6) is 0 Å². The molecule has 0 saturated heterocycles. The fraction of sp³-hybridized carbons (Fsp3) is 0.143. The molecule has 0 aliphatic heterocycles. The van der Waals surface area contributed by atoms with E-state index < -0.39 is 11.8 Å². The number of ether oxygens (including phenoxy) is 1. The average molecular weight is 245 g/mol. The fourth-order valence-electron chi connectivity index (χ4n) is 1.71. The lowest BCUT2D eigenvalue weighted by molar-refractivity contribution is 0.0522. The van der Waals surface area contributed by atoms with Crippen molar-refractivity contribution in [3.63, 3.8) is 0 Å². The summed E-state index contributed by atoms with van der Waals surface area (Å²) in [6.45, 7) is 1.90. The zero-order valence-electron chi connectivity index (χ0n) is 9.89. The molecule has 1 heterocycles. The average Bonchev–Trinajstić information content (AvgIpc) is 2.39. The topological polar surface area (TPSA) is 39.2 Å². The normalized spacial score (nSPS) is 10.1. The largest absolute Gasteiger partial charge is 0.462 e. The van der Waals surface area contributed by atoms with Gasteiger partial charge in [0.1, 0.15) is 11.4 Å². The molecule has 0 unspecified atom stereocenters. The first-order valence-corrected chi connectivity index (χ1v) is 5.60. The molecule has 2 aromatic rings. The molecule has 3 nitrogen and oxygen atoms in total. The van der Waals surface area contributed by atoms with E-state index >= 15 is 0 Å². The van der Waals surface area contributed by atoms with E-state index in [2.05, 4.69) is 4.98 Å². The Labute approximate surface area is 104 Å². The first-order valence-electron chi connectivity index (χ1n) is 5.60. The Balaban J connectivity index is 2.55. The minimum atomic E-state index is -0.651. The number of nitrogens with zero attached hydrogens (tertiary/aromatic N) is 1. The SMILES string of the molecule is CCOC(=O)c1c(F)cccc1-c1ccncc1. The Morgan fingerprint density at radius 2 is 2.00 bits per heavy atom. The molecule has 0 bridgehead atoms. The Bertz CT molecular complexity index is 555. The number of rotatable bonds is 3. The summed E-state index contributed by atoms with van der Waals surface area (Å²) in [4.78, 5) is 15.7. The van der Waals surface area contributed by atoms with Gasteiger partial charge in [0.25, 0.3) is 0 Å². The van der Waals surface area contributed by atoms with Gasteiger partial charge >= 0.3 is 5.97 Å². The molecule has 4 heteroatoms. The highest BCUT2D eigenvalue weighted by molar-refractivity contribution is 5.97. The van der Waals surface area contributed by atoms with Crippen LogP contribution in [0.2, 0.25) is 0 Å². The summed E-state index contributed by atoms with van der Waals surface area (Å²) in [5.41, 5.74) is 1.20. The molecule has 0 saturated carbocycles. The number of carbonyl (C=O) groups is 1. The van der Waals surface area contributed by atoms with Gasteiger partial charge in [0.05, 0.1) is 6.61 Å². The van der Waals surface area contributed by atoms with Gasteiger partial charge in [-0.15, -0.1) is 0 Å². The molecule has 0 aliphatic rings. The number of aromatic nitrogens is 1. The highest BCUT2D eigenvalue weighted by Gasteiger charge is 2.18. The summed E-state index contributed by atoms with van der Waals surface area (Å²) in [5.74, 6) is -1.23. The van der Waals surface area contributed by atoms with Crippen molar-refractivity contribution in [3.8, 4) is 11.1 Å². The second-order valence-electron chi connectivity index (χ2n) is 3.62. The molecule has 0 amide bonds. The van der Waals surface area contributed by atoms with Gasteiger partial charge < -0.3 is 4.74 Å². The van der Waals surface area contributed by atoms with Gasteiger partial charge in [-0.1, -0.05) is 12.1 Å². The van der Waals surface area contributed by atoms with Crippen LogP contribution in [0.4, 0.5) is 4.39 Å². The van der Waals surface area contributed by atoms with Crippen molar-refractivity contribution in [2.45, 2.75) is 6.92 Å². The summed E-state index contributed by atoms with van der Waals surface area (Å²) in [7, 11) is 0. The molecule has 0 aliphatic carbocycles. The quantitative estimate of drug-likeness (QED) is 0.780. The number of pyridine rings is 1. The highest BCUT2D eigenvalue weighted by atomic mass is 19.1. The van der Waals surface area contributed by atoms with Crippen molar-refractivity contribution in [2.24, 2.45) is 0 Å². The van der Waals surface area contributed by atoms with Crippen LogP contribution < -0.4 is 0 Å². The first-order chi connectivity index (χ1) is 8.74. The summed E-state index contributed by atoms with van der Waals surface area (Å²) >= 11 is 0. The molecule has 0 radical (unpaired) electrons. The smallest absolute Gasteiger partial charge is 0.341 e. The lowest BCUT2D eigenvalue weighted by Crippen LogP contribution is -2.09. The van der Waals surface area contributed by atoms with Crippen LogP contribution in [0.3, 0.4) is 0 Å². The Kier molecular flexibility index (Phi) is 3.67. The summed E-state index contributed by atoms with van der Waals surface area (Å²) in [6.07, 6.45) is 3.18. The second kappa shape index (κ2) is 5.40. The third-order valence-corrected chi connectivity index (χ3v) is 2.48. The number of benzene rings is 1. The van der Waals surface area contributed by atoms with Crippen LogP contribution in [0.1, 0.15) is 17.3 Å². The van der Waals surface area contributed by atoms with E-state index in [1.807, 2.05) is 0 Å². The maximum atomic E-state index is 13.8. The predicted molar refractivity (Wildman–Crippen MR) is 65.6 cm³/mol. The van der Waals surface area contributed by atoms with Crippen molar-refractivity contribution < 1.29 is 13.9 Å². The van der Waals surface area contributed by atoms with Crippen LogP contribution >= 0.6 is 0 Å². The number of carbonyl (C=O) groups excluding carboxylic acids is 1. The predicted octanol–water partition coefficient (Wildman–Crippen LogP) is 3.06. The molecule has 1 aromatic heterocycles. The van der Waals surface area contributed by atoms with Gasteiger partial charge in [0.2, 0.25) is 0 Å². The van der Waals surface area contributed by atoms with Gasteiger partial charge in [0, 0.05) is 12.4 Å². The fourth-order valence-corrected chi connectivity index (χ4v) is 1.71. The molecule has 1 aromatic carbocycles. The van der Waals surface area contributed by atoms with Crippen LogP contribution in [-0.4, -0.2) is 17.6 Å². The Morgan fingerprint density at radius 1 is 1.28 bits per heavy atom. The molecule has 2 rings (SSSR count). The van der Waals surface area contributed by atoms with Crippen molar-refractivity contribution in [3.05, 3.63) is 54.1 Å². The molecule has 0 N–H and O–H groups in total.